The molecule has 0 N–H and O–H groups in total. The van der Waals surface area contributed by atoms with Gasteiger partial charge in [0.25, 0.3) is 0 Å². The molecule has 1 amide bonds. The lowest BCUT2D eigenvalue weighted by Gasteiger charge is -2.34. The molecule has 18 heavy (non-hydrogen) atoms. The van der Waals surface area contributed by atoms with E-state index in [9.17, 15) is 10.1 Å². The van der Waals surface area contributed by atoms with Crippen LogP contribution in [0.2, 0.25) is 0 Å². The third-order valence-corrected chi connectivity index (χ3v) is 3.60. The molecule has 0 unspecified atom stereocenters. The van der Waals surface area contributed by atoms with E-state index in [0.29, 0.717) is 19.4 Å². The first-order valence-electron chi connectivity index (χ1n) is 6.96. The first kappa shape index (κ1) is 14.8. The molecule has 0 spiro atoms. The van der Waals surface area contributed by atoms with Gasteiger partial charge in [-0.05, 0) is 26.2 Å². The van der Waals surface area contributed by atoms with Crippen molar-refractivity contribution in [3.63, 3.8) is 0 Å². The molecule has 0 bridgehead atoms. The number of rotatable bonds is 5. The van der Waals surface area contributed by atoms with Crippen molar-refractivity contribution in [1.29, 1.82) is 5.26 Å². The van der Waals surface area contributed by atoms with Gasteiger partial charge in [0.05, 0.1) is 6.07 Å². The minimum absolute atomic E-state index is 0.0427. The van der Waals surface area contributed by atoms with E-state index >= 15 is 0 Å². The molecular formula is C15H24N2O. The van der Waals surface area contributed by atoms with E-state index in [4.69, 9.17) is 0 Å². The fraction of sp³-hybridized carbons (Fsp3) is 0.733. The lowest BCUT2D eigenvalue weighted by Crippen LogP contribution is -2.45. The van der Waals surface area contributed by atoms with Gasteiger partial charge in [-0.3, -0.25) is 4.79 Å². The molecule has 3 nitrogen and oxygen atoms in total. The largest absolute Gasteiger partial charge is 0.337 e. The van der Waals surface area contributed by atoms with Crippen LogP contribution >= 0.6 is 0 Å². The number of nitriles is 1. The Kier molecular flexibility index (Phi) is 5.40. The summed E-state index contributed by atoms with van der Waals surface area (Å²) in [6, 6.07) is 2.32. The SMILES string of the molecule is CCCC(C#N)(CCC)C(=O)N1CCC=C(C)C1. The second-order valence-corrected chi connectivity index (χ2v) is 5.26. The van der Waals surface area contributed by atoms with Crippen molar-refractivity contribution in [3.05, 3.63) is 11.6 Å². The number of amides is 1. The van der Waals surface area contributed by atoms with Crippen LogP contribution in [-0.2, 0) is 4.79 Å². The molecule has 1 rings (SSSR count). The Labute approximate surface area is 110 Å². The van der Waals surface area contributed by atoms with Gasteiger partial charge in [-0.25, -0.2) is 0 Å². The second-order valence-electron chi connectivity index (χ2n) is 5.26. The minimum atomic E-state index is -0.791. The molecule has 0 saturated heterocycles. The number of hydrogen-bond acceptors (Lipinski definition) is 2. The zero-order valence-corrected chi connectivity index (χ0v) is 11.8. The second kappa shape index (κ2) is 6.58. The van der Waals surface area contributed by atoms with Crippen molar-refractivity contribution in [2.45, 2.75) is 52.9 Å². The van der Waals surface area contributed by atoms with Crippen LogP contribution in [0.25, 0.3) is 0 Å². The van der Waals surface area contributed by atoms with Gasteiger partial charge in [-0.1, -0.05) is 38.3 Å². The van der Waals surface area contributed by atoms with Gasteiger partial charge in [0.15, 0.2) is 0 Å². The van der Waals surface area contributed by atoms with Crippen LogP contribution < -0.4 is 0 Å². The molecule has 0 aliphatic carbocycles. The Morgan fingerprint density at radius 1 is 1.44 bits per heavy atom. The summed E-state index contributed by atoms with van der Waals surface area (Å²) in [5.74, 6) is 0.0427. The number of nitrogens with zero attached hydrogens (tertiary/aromatic N) is 2. The smallest absolute Gasteiger partial charge is 0.243 e. The van der Waals surface area contributed by atoms with E-state index in [-0.39, 0.29) is 5.91 Å². The predicted molar refractivity (Wildman–Crippen MR) is 72.8 cm³/mol. The first-order chi connectivity index (χ1) is 8.59. The molecule has 0 atom stereocenters. The maximum Gasteiger partial charge on any atom is 0.243 e. The Morgan fingerprint density at radius 3 is 2.50 bits per heavy atom. The van der Waals surface area contributed by atoms with Crippen molar-refractivity contribution >= 4 is 5.91 Å². The Balaban J connectivity index is 2.88. The molecule has 0 aromatic carbocycles. The zero-order valence-electron chi connectivity index (χ0n) is 11.8. The van der Waals surface area contributed by atoms with Gasteiger partial charge < -0.3 is 4.90 Å². The molecule has 1 aliphatic heterocycles. The van der Waals surface area contributed by atoms with Gasteiger partial charge in [-0.15, -0.1) is 0 Å². The monoisotopic (exact) mass is 248 g/mol. The van der Waals surface area contributed by atoms with Crippen molar-refractivity contribution < 1.29 is 4.79 Å². The average molecular weight is 248 g/mol. The number of carbonyl (C=O) groups is 1. The number of carbonyl (C=O) groups excluding carboxylic acids is 1. The van der Waals surface area contributed by atoms with E-state index < -0.39 is 5.41 Å². The van der Waals surface area contributed by atoms with Gasteiger partial charge in [0, 0.05) is 13.1 Å². The summed E-state index contributed by atoms with van der Waals surface area (Å²) in [4.78, 5) is 14.5. The quantitative estimate of drug-likeness (QED) is 0.701. The predicted octanol–water partition coefficient (Wildman–Crippen LogP) is 3.28. The molecular weight excluding hydrogens is 224 g/mol. The molecule has 0 fully saturated rings. The Bertz CT molecular complexity index is 359. The Morgan fingerprint density at radius 2 is 2.06 bits per heavy atom. The van der Waals surface area contributed by atoms with Gasteiger partial charge in [0.1, 0.15) is 5.41 Å². The summed E-state index contributed by atoms with van der Waals surface area (Å²) >= 11 is 0. The van der Waals surface area contributed by atoms with E-state index in [0.717, 1.165) is 25.8 Å². The van der Waals surface area contributed by atoms with E-state index in [1.165, 1.54) is 5.57 Å². The molecule has 1 aliphatic rings. The molecule has 0 radical (unpaired) electrons. The normalized spacial score (nSPS) is 16.1. The highest BCUT2D eigenvalue weighted by molar-refractivity contribution is 5.85. The van der Waals surface area contributed by atoms with Crippen LogP contribution in [0.3, 0.4) is 0 Å². The van der Waals surface area contributed by atoms with Crippen molar-refractivity contribution in [2.24, 2.45) is 5.41 Å². The summed E-state index contributed by atoms with van der Waals surface area (Å²) in [5, 5.41) is 9.49. The molecule has 100 valence electrons. The average Bonchev–Trinajstić information content (AvgIpc) is 2.37. The van der Waals surface area contributed by atoms with Gasteiger partial charge >= 0.3 is 0 Å². The van der Waals surface area contributed by atoms with E-state index in [2.05, 4.69) is 12.1 Å². The van der Waals surface area contributed by atoms with Gasteiger partial charge in [-0.2, -0.15) is 5.26 Å². The summed E-state index contributed by atoms with van der Waals surface area (Å²) in [5.41, 5.74) is 0.440. The first-order valence-corrected chi connectivity index (χ1v) is 6.96. The highest BCUT2D eigenvalue weighted by Gasteiger charge is 2.40. The van der Waals surface area contributed by atoms with Crippen LogP contribution in [0.15, 0.2) is 11.6 Å². The van der Waals surface area contributed by atoms with Crippen LogP contribution in [0.4, 0.5) is 0 Å². The van der Waals surface area contributed by atoms with Crippen molar-refractivity contribution in [3.8, 4) is 6.07 Å². The standard InChI is InChI=1S/C15H24N2O/c1-4-8-15(12-16,9-5-2)14(18)17-10-6-7-13(3)11-17/h7H,4-6,8-11H2,1-3H3. The molecule has 0 aromatic rings. The third kappa shape index (κ3) is 3.13. The maximum absolute atomic E-state index is 12.7. The van der Waals surface area contributed by atoms with E-state index in [1.54, 1.807) is 0 Å². The van der Waals surface area contributed by atoms with Crippen LogP contribution in [-0.4, -0.2) is 23.9 Å². The lowest BCUT2D eigenvalue weighted by molar-refractivity contribution is -0.139. The summed E-state index contributed by atoms with van der Waals surface area (Å²) in [7, 11) is 0. The molecule has 1 heterocycles. The highest BCUT2D eigenvalue weighted by atomic mass is 16.2. The Hall–Kier alpha value is -1.30. The fourth-order valence-electron chi connectivity index (χ4n) is 2.74. The fourth-order valence-corrected chi connectivity index (χ4v) is 2.74. The van der Waals surface area contributed by atoms with Crippen LogP contribution in [0, 0.1) is 16.7 Å². The van der Waals surface area contributed by atoms with Gasteiger partial charge in [0.2, 0.25) is 5.91 Å². The van der Waals surface area contributed by atoms with Crippen molar-refractivity contribution in [2.75, 3.05) is 13.1 Å². The highest BCUT2D eigenvalue weighted by Crippen LogP contribution is 2.32. The maximum atomic E-state index is 12.7. The van der Waals surface area contributed by atoms with Crippen LogP contribution in [0.5, 0.6) is 0 Å². The van der Waals surface area contributed by atoms with Crippen molar-refractivity contribution in [1.82, 2.24) is 4.90 Å². The number of hydrogen-bond donors (Lipinski definition) is 0. The molecule has 3 heteroatoms. The van der Waals surface area contributed by atoms with E-state index in [1.807, 2.05) is 25.7 Å². The summed E-state index contributed by atoms with van der Waals surface area (Å²) in [6.45, 7) is 7.57. The zero-order chi connectivity index (χ0) is 13.6. The topological polar surface area (TPSA) is 44.1 Å². The molecule has 0 aromatic heterocycles. The summed E-state index contributed by atoms with van der Waals surface area (Å²) < 4.78 is 0. The summed E-state index contributed by atoms with van der Waals surface area (Å²) in [6.07, 6.45) is 6.20. The lowest BCUT2D eigenvalue weighted by atomic mass is 9.79. The minimum Gasteiger partial charge on any atom is -0.337 e. The third-order valence-electron chi connectivity index (χ3n) is 3.60. The molecule has 0 saturated carbocycles. The van der Waals surface area contributed by atoms with Crippen LogP contribution in [0.1, 0.15) is 52.9 Å².